The smallest absolute Gasteiger partial charge is 0.413 e. The second kappa shape index (κ2) is 2.91. The zero-order valence-electron chi connectivity index (χ0n) is 5.80. The minimum atomic E-state index is -1.10. The summed E-state index contributed by atoms with van der Waals surface area (Å²) in [5.74, 6) is 0.118. The van der Waals surface area contributed by atoms with Gasteiger partial charge in [0, 0.05) is 7.05 Å². The number of hydrogen-bond donors (Lipinski definition) is 1. The van der Waals surface area contributed by atoms with Gasteiger partial charge < -0.3 is 5.11 Å². The number of rotatable bonds is 1. The second-order valence-electron chi connectivity index (χ2n) is 1.78. The van der Waals surface area contributed by atoms with Gasteiger partial charge in [0.2, 0.25) is 5.95 Å². The van der Waals surface area contributed by atoms with Gasteiger partial charge in [0.05, 0.1) is 0 Å². The third-order valence-electron chi connectivity index (χ3n) is 1.07. The molecule has 0 atom stereocenters. The van der Waals surface area contributed by atoms with E-state index in [2.05, 4.69) is 15.0 Å². The maximum atomic E-state index is 10.3. The van der Waals surface area contributed by atoms with Gasteiger partial charge in [0.1, 0.15) is 12.7 Å². The Balaban J connectivity index is 2.85. The Kier molecular flexibility index (Phi) is 1.95. The van der Waals surface area contributed by atoms with Crippen LogP contribution < -0.4 is 4.90 Å². The minimum absolute atomic E-state index is 0.118. The molecule has 1 heterocycles. The van der Waals surface area contributed by atoms with Gasteiger partial charge in [-0.1, -0.05) is 0 Å². The van der Waals surface area contributed by atoms with Crippen molar-refractivity contribution in [2.45, 2.75) is 0 Å². The summed E-state index contributed by atoms with van der Waals surface area (Å²) in [6.45, 7) is 0. The molecule has 0 bridgehead atoms. The monoisotopic (exact) mass is 154 g/mol. The SMILES string of the molecule is CN(C(=O)O)c1ncncn1. The van der Waals surface area contributed by atoms with Gasteiger partial charge in [-0.2, -0.15) is 0 Å². The highest BCUT2D eigenvalue weighted by Crippen LogP contribution is 1.99. The molecule has 1 N–H and O–H groups in total. The summed E-state index contributed by atoms with van der Waals surface area (Å²) < 4.78 is 0. The lowest BCUT2D eigenvalue weighted by Crippen LogP contribution is -2.25. The molecule has 1 amide bonds. The number of carboxylic acid groups (broad SMARTS) is 1. The average Bonchev–Trinajstić information content (AvgIpc) is 2.05. The lowest BCUT2D eigenvalue weighted by molar-refractivity contribution is 0.203. The Morgan fingerprint density at radius 2 is 2.09 bits per heavy atom. The number of amides is 1. The highest BCUT2D eigenvalue weighted by atomic mass is 16.4. The number of anilines is 1. The fraction of sp³-hybridized carbons (Fsp3) is 0.200. The summed E-state index contributed by atoms with van der Waals surface area (Å²) in [6, 6.07) is 0. The second-order valence-corrected chi connectivity index (χ2v) is 1.78. The van der Waals surface area contributed by atoms with Gasteiger partial charge in [-0.05, 0) is 0 Å². The molecule has 0 unspecified atom stereocenters. The molecule has 0 aliphatic rings. The Bertz CT molecular complexity index is 250. The molecule has 0 fully saturated rings. The van der Waals surface area contributed by atoms with E-state index in [0.717, 1.165) is 4.90 Å². The third kappa shape index (κ3) is 1.60. The molecule has 6 nitrogen and oxygen atoms in total. The number of carbonyl (C=O) groups is 1. The first kappa shape index (κ1) is 7.39. The highest BCUT2D eigenvalue weighted by molar-refractivity contribution is 5.82. The van der Waals surface area contributed by atoms with E-state index >= 15 is 0 Å². The van der Waals surface area contributed by atoms with E-state index in [9.17, 15) is 4.79 Å². The Hall–Kier alpha value is -1.72. The molecule has 0 spiro atoms. The van der Waals surface area contributed by atoms with Crippen LogP contribution >= 0.6 is 0 Å². The molecule has 0 aliphatic carbocycles. The molecule has 0 saturated heterocycles. The maximum absolute atomic E-state index is 10.3. The van der Waals surface area contributed by atoms with Crippen molar-refractivity contribution in [1.82, 2.24) is 15.0 Å². The van der Waals surface area contributed by atoms with Crippen molar-refractivity contribution < 1.29 is 9.90 Å². The van der Waals surface area contributed by atoms with E-state index in [1.165, 1.54) is 19.7 Å². The van der Waals surface area contributed by atoms with Gasteiger partial charge >= 0.3 is 6.09 Å². The van der Waals surface area contributed by atoms with Gasteiger partial charge in [0.25, 0.3) is 0 Å². The van der Waals surface area contributed by atoms with E-state index < -0.39 is 6.09 Å². The lowest BCUT2D eigenvalue weighted by Gasteiger charge is -2.08. The first-order valence-corrected chi connectivity index (χ1v) is 2.80. The number of hydrogen-bond acceptors (Lipinski definition) is 4. The van der Waals surface area contributed by atoms with Crippen LogP contribution in [0.5, 0.6) is 0 Å². The highest BCUT2D eigenvalue weighted by Gasteiger charge is 2.09. The van der Waals surface area contributed by atoms with Crippen LogP contribution in [-0.4, -0.2) is 33.2 Å². The summed E-state index contributed by atoms with van der Waals surface area (Å²) in [5, 5.41) is 8.46. The molecule has 1 aromatic heterocycles. The Morgan fingerprint density at radius 3 is 2.55 bits per heavy atom. The van der Waals surface area contributed by atoms with E-state index in [-0.39, 0.29) is 5.95 Å². The predicted octanol–water partition coefficient (Wildman–Crippen LogP) is -0.0142. The standard InChI is InChI=1S/C5H6N4O2/c1-9(5(10)11)4-7-2-6-3-8-4/h2-3H,1H3,(H,10,11). The quantitative estimate of drug-likeness (QED) is 0.615. The van der Waals surface area contributed by atoms with Gasteiger partial charge in [-0.3, -0.25) is 0 Å². The fourth-order valence-corrected chi connectivity index (χ4v) is 0.492. The Labute approximate surface area is 62.5 Å². The van der Waals surface area contributed by atoms with Crippen LogP contribution in [0.3, 0.4) is 0 Å². The molecule has 1 rings (SSSR count). The summed E-state index contributed by atoms with van der Waals surface area (Å²) >= 11 is 0. The van der Waals surface area contributed by atoms with E-state index in [1.54, 1.807) is 0 Å². The van der Waals surface area contributed by atoms with Crippen molar-refractivity contribution in [3.63, 3.8) is 0 Å². The molecule has 1 aromatic rings. The number of aromatic nitrogens is 3. The van der Waals surface area contributed by atoms with E-state index in [1.807, 2.05) is 0 Å². The van der Waals surface area contributed by atoms with E-state index in [4.69, 9.17) is 5.11 Å². The molecular formula is C5H6N4O2. The van der Waals surface area contributed by atoms with Crippen LogP contribution in [0.25, 0.3) is 0 Å². The zero-order chi connectivity index (χ0) is 8.27. The molecule has 0 aromatic carbocycles. The van der Waals surface area contributed by atoms with E-state index in [0.29, 0.717) is 0 Å². The van der Waals surface area contributed by atoms with Crippen LogP contribution in [0.15, 0.2) is 12.7 Å². The van der Waals surface area contributed by atoms with Gasteiger partial charge in [-0.25, -0.2) is 24.6 Å². The summed E-state index contributed by atoms with van der Waals surface area (Å²) in [6.07, 6.45) is 1.37. The van der Waals surface area contributed by atoms with Crippen molar-refractivity contribution in [1.29, 1.82) is 0 Å². The fourth-order valence-electron chi connectivity index (χ4n) is 0.492. The largest absolute Gasteiger partial charge is 0.465 e. The van der Waals surface area contributed by atoms with Gasteiger partial charge in [-0.15, -0.1) is 0 Å². The van der Waals surface area contributed by atoms with Crippen LogP contribution in [0.4, 0.5) is 10.7 Å². The van der Waals surface area contributed by atoms with Crippen LogP contribution in [-0.2, 0) is 0 Å². The normalized spacial score (nSPS) is 9.18. The summed E-state index contributed by atoms with van der Waals surface area (Å²) in [4.78, 5) is 22.0. The van der Waals surface area contributed by atoms with Crippen molar-refractivity contribution in [3.05, 3.63) is 12.7 Å². The number of nitrogens with zero attached hydrogens (tertiary/aromatic N) is 4. The molecular weight excluding hydrogens is 148 g/mol. The van der Waals surface area contributed by atoms with Gasteiger partial charge in [0.15, 0.2) is 0 Å². The summed E-state index contributed by atoms with van der Waals surface area (Å²) in [7, 11) is 1.36. The molecule has 11 heavy (non-hydrogen) atoms. The summed E-state index contributed by atoms with van der Waals surface area (Å²) in [5.41, 5.74) is 0. The predicted molar refractivity (Wildman–Crippen MR) is 36.3 cm³/mol. The third-order valence-corrected chi connectivity index (χ3v) is 1.07. The molecule has 6 heteroatoms. The average molecular weight is 154 g/mol. The molecule has 58 valence electrons. The molecule has 0 radical (unpaired) electrons. The molecule has 0 aliphatic heterocycles. The zero-order valence-corrected chi connectivity index (χ0v) is 5.80. The first-order chi connectivity index (χ1) is 5.22. The van der Waals surface area contributed by atoms with Crippen LogP contribution in [0.2, 0.25) is 0 Å². The van der Waals surface area contributed by atoms with Crippen LogP contribution in [0, 0.1) is 0 Å². The van der Waals surface area contributed by atoms with Crippen molar-refractivity contribution >= 4 is 12.0 Å². The maximum Gasteiger partial charge on any atom is 0.413 e. The topological polar surface area (TPSA) is 79.2 Å². The van der Waals surface area contributed by atoms with Crippen LogP contribution in [0.1, 0.15) is 0 Å². The van der Waals surface area contributed by atoms with Crippen molar-refractivity contribution in [2.75, 3.05) is 11.9 Å². The van der Waals surface area contributed by atoms with Crippen molar-refractivity contribution in [3.8, 4) is 0 Å². The minimum Gasteiger partial charge on any atom is -0.465 e. The first-order valence-electron chi connectivity index (χ1n) is 2.80. The Morgan fingerprint density at radius 1 is 1.55 bits per heavy atom. The molecule has 0 saturated carbocycles. The lowest BCUT2D eigenvalue weighted by atomic mass is 10.8. The van der Waals surface area contributed by atoms with Crippen molar-refractivity contribution in [2.24, 2.45) is 0 Å².